The molecule has 0 saturated carbocycles. The van der Waals surface area contributed by atoms with Crippen LogP contribution in [0.1, 0.15) is 51.0 Å². The zero-order valence-corrected chi connectivity index (χ0v) is 24.4. The molecule has 1 amide bonds. The molecule has 11 nitrogen and oxygen atoms in total. The van der Waals surface area contributed by atoms with Gasteiger partial charge in [-0.3, -0.25) is 4.90 Å². The molecule has 224 valence electrons. The number of hydrogen-bond acceptors (Lipinski definition) is 9. The SMILES string of the molecule is COc1ccc(CNc2nc3c(OC)cccc3c3nc(C4CCC(F)(F)CN4C(=O)OC(C)(C)C)nn23)c(OC)c1. The Morgan fingerprint density at radius 2 is 1.83 bits per heavy atom. The third kappa shape index (κ3) is 5.81. The molecule has 3 heterocycles. The number of nitrogens with zero attached hydrogens (tertiary/aromatic N) is 5. The maximum absolute atomic E-state index is 14.5. The zero-order valence-electron chi connectivity index (χ0n) is 24.4. The molecule has 0 aliphatic carbocycles. The Labute approximate surface area is 241 Å². The maximum atomic E-state index is 14.5. The van der Waals surface area contributed by atoms with Gasteiger partial charge in [0.2, 0.25) is 5.95 Å². The summed E-state index contributed by atoms with van der Waals surface area (Å²) in [6.45, 7) is 4.58. The molecule has 0 radical (unpaired) electrons. The normalized spacial score (nSPS) is 16.9. The minimum Gasteiger partial charge on any atom is -0.497 e. The number of likely N-dealkylation sites (tertiary alicyclic amines) is 1. The molecule has 0 bridgehead atoms. The maximum Gasteiger partial charge on any atom is 0.411 e. The first kappa shape index (κ1) is 29.1. The van der Waals surface area contributed by atoms with Crippen LogP contribution in [0, 0.1) is 0 Å². The summed E-state index contributed by atoms with van der Waals surface area (Å²) in [6, 6.07) is 10.1. The molecule has 1 saturated heterocycles. The van der Waals surface area contributed by atoms with Gasteiger partial charge in [-0.2, -0.15) is 4.52 Å². The zero-order chi connectivity index (χ0) is 30.2. The van der Waals surface area contributed by atoms with Crippen molar-refractivity contribution in [1.29, 1.82) is 0 Å². The van der Waals surface area contributed by atoms with Gasteiger partial charge in [-0.25, -0.2) is 23.5 Å². The molecule has 2 aromatic heterocycles. The van der Waals surface area contributed by atoms with E-state index in [4.69, 9.17) is 34.0 Å². The highest BCUT2D eigenvalue weighted by Crippen LogP contribution is 2.39. The van der Waals surface area contributed by atoms with Crippen LogP contribution in [-0.4, -0.2) is 70.0 Å². The van der Waals surface area contributed by atoms with Crippen molar-refractivity contribution in [1.82, 2.24) is 24.5 Å². The van der Waals surface area contributed by atoms with Crippen molar-refractivity contribution in [3.63, 3.8) is 0 Å². The van der Waals surface area contributed by atoms with E-state index in [1.165, 1.54) is 4.52 Å². The lowest BCUT2D eigenvalue weighted by atomic mass is 9.99. The monoisotopic (exact) mass is 584 g/mol. The molecule has 1 aliphatic heterocycles. The smallest absolute Gasteiger partial charge is 0.411 e. The number of halogens is 2. The van der Waals surface area contributed by atoms with Gasteiger partial charge in [0.1, 0.15) is 28.4 Å². The van der Waals surface area contributed by atoms with E-state index >= 15 is 0 Å². The molecule has 5 rings (SSSR count). The fourth-order valence-corrected chi connectivity index (χ4v) is 4.94. The van der Waals surface area contributed by atoms with Crippen molar-refractivity contribution < 1.29 is 32.5 Å². The van der Waals surface area contributed by atoms with Crippen LogP contribution >= 0.6 is 0 Å². The Morgan fingerprint density at radius 3 is 2.52 bits per heavy atom. The number of ether oxygens (including phenoxy) is 4. The highest BCUT2D eigenvalue weighted by molar-refractivity contribution is 5.96. The number of carbonyl (C=O) groups excluding carboxylic acids is 1. The number of aromatic nitrogens is 4. The minimum atomic E-state index is -3.06. The Bertz CT molecular complexity index is 1620. The number of fused-ring (bicyclic) bond motifs is 3. The van der Waals surface area contributed by atoms with Crippen molar-refractivity contribution in [2.45, 2.75) is 57.7 Å². The summed E-state index contributed by atoms with van der Waals surface area (Å²) < 4.78 is 52.4. The van der Waals surface area contributed by atoms with E-state index in [1.807, 2.05) is 18.2 Å². The van der Waals surface area contributed by atoms with Crippen LogP contribution in [0.15, 0.2) is 36.4 Å². The predicted molar refractivity (Wildman–Crippen MR) is 152 cm³/mol. The van der Waals surface area contributed by atoms with E-state index in [-0.39, 0.29) is 12.2 Å². The van der Waals surface area contributed by atoms with Crippen LogP contribution in [0.5, 0.6) is 17.2 Å². The largest absolute Gasteiger partial charge is 0.497 e. The molecule has 1 N–H and O–H groups in total. The van der Waals surface area contributed by atoms with E-state index in [1.54, 1.807) is 60.3 Å². The summed E-state index contributed by atoms with van der Waals surface area (Å²) >= 11 is 0. The molecular formula is C29H34F2N6O5. The van der Waals surface area contributed by atoms with E-state index in [0.29, 0.717) is 46.3 Å². The van der Waals surface area contributed by atoms with Crippen LogP contribution in [0.4, 0.5) is 19.5 Å². The van der Waals surface area contributed by atoms with Crippen LogP contribution in [-0.2, 0) is 11.3 Å². The van der Waals surface area contributed by atoms with Gasteiger partial charge >= 0.3 is 6.09 Å². The predicted octanol–water partition coefficient (Wildman–Crippen LogP) is 5.62. The molecule has 2 aromatic carbocycles. The molecule has 1 atom stereocenters. The van der Waals surface area contributed by atoms with Crippen LogP contribution < -0.4 is 19.5 Å². The second kappa shape index (κ2) is 11.1. The average Bonchev–Trinajstić information content (AvgIpc) is 3.40. The van der Waals surface area contributed by atoms with Gasteiger partial charge in [-0.05, 0) is 51.5 Å². The minimum absolute atomic E-state index is 0.0381. The molecule has 1 fully saturated rings. The summed E-state index contributed by atoms with van der Waals surface area (Å²) in [6.07, 6.45) is -1.30. The summed E-state index contributed by atoms with van der Waals surface area (Å²) in [5.41, 5.74) is 0.936. The first-order valence-electron chi connectivity index (χ1n) is 13.5. The number of methoxy groups -OCH3 is 3. The molecular weight excluding hydrogens is 550 g/mol. The number of para-hydroxylation sites is 1. The van der Waals surface area contributed by atoms with Gasteiger partial charge in [0.05, 0.1) is 33.9 Å². The highest BCUT2D eigenvalue weighted by Gasteiger charge is 2.45. The Morgan fingerprint density at radius 1 is 1.07 bits per heavy atom. The number of alkyl halides is 2. The van der Waals surface area contributed by atoms with E-state index in [0.717, 1.165) is 10.5 Å². The van der Waals surface area contributed by atoms with E-state index in [9.17, 15) is 13.6 Å². The number of hydrogen-bond donors (Lipinski definition) is 1. The molecule has 1 aliphatic rings. The second-order valence-electron chi connectivity index (χ2n) is 11.0. The van der Waals surface area contributed by atoms with Crippen molar-refractivity contribution in [2.75, 3.05) is 33.2 Å². The van der Waals surface area contributed by atoms with Gasteiger partial charge in [0.15, 0.2) is 11.5 Å². The number of rotatable bonds is 7. The molecule has 42 heavy (non-hydrogen) atoms. The van der Waals surface area contributed by atoms with Crippen molar-refractivity contribution in [2.24, 2.45) is 0 Å². The van der Waals surface area contributed by atoms with Gasteiger partial charge in [0.25, 0.3) is 5.92 Å². The van der Waals surface area contributed by atoms with Crippen molar-refractivity contribution in [3.05, 3.63) is 47.8 Å². The first-order chi connectivity index (χ1) is 19.9. The Balaban J connectivity index is 1.59. The lowest BCUT2D eigenvalue weighted by Gasteiger charge is -2.38. The van der Waals surface area contributed by atoms with E-state index < -0.39 is 36.6 Å². The average molecular weight is 585 g/mol. The number of nitrogens with one attached hydrogen (secondary N) is 1. The molecule has 1 unspecified atom stereocenters. The standard InChI is InChI=1S/C29H34F2N6O5/c1-28(2,3)42-27(38)36-16-29(30,31)13-12-20(36)24-34-25-19-8-7-9-21(40-5)23(19)33-26(37(25)35-24)32-15-17-10-11-18(39-4)14-22(17)41-6/h7-11,14,20H,12-13,15-16H2,1-6H3,(H,32,33). The van der Waals surface area contributed by atoms with Gasteiger partial charge in [0, 0.05) is 30.0 Å². The van der Waals surface area contributed by atoms with Gasteiger partial charge < -0.3 is 24.3 Å². The quantitative estimate of drug-likeness (QED) is 0.296. The number of anilines is 1. The molecule has 4 aromatic rings. The van der Waals surface area contributed by atoms with Crippen LogP contribution in [0.2, 0.25) is 0 Å². The fourth-order valence-electron chi connectivity index (χ4n) is 4.94. The van der Waals surface area contributed by atoms with Crippen molar-refractivity contribution in [3.8, 4) is 17.2 Å². The van der Waals surface area contributed by atoms with Crippen molar-refractivity contribution >= 4 is 28.6 Å². The Kier molecular flexibility index (Phi) is 7.69. The Hall–Kier alpha value is -4.42. The topological polar surface area (TPSA) is 112 Å². The highest BCUT2D eigenvalue weighted by atomic mass is 19.3. The van der Waals surface area contributed by atoms with Crippen LogP contribution in [0.25, 0.3) is 16.6 Å². The fraction of sp³-hybridized carbons (Fsp3) is 0.448. The molecule has 13 heteroatoms. The van der Waals surface area contributed by atoms with Gasteiger partial charge in [-0.1, -0.05) is 6.07 Å². The summed E-state index contributed by atoms with van der Waals surface area (Å²) in [7, 11) is 4.70. The van der Waals surface area contributed by atoms with Gasteiger partial charge in [-0.15, -0.1) is 5.10 Å². The third-order valence-electron chi connectivity index (χ3n) is 6.92. The summed E-state index contributed by atoms with van der Waals surface area (Å²) in [5, 5.41) is 8.64. The lowest BCUT2D eigenvalue weighted by Crippen LogP contribution is -2.49. The molecule has 0 spiro atoms. The number of amides is 1. The number of benzene rings is 2. The summed E-state index contributed by atoms with van der Waals surface area (Å²) in [5.74, 6) is -0.718. The number of carbonyl (C=O) groups is 1. The summed E-state index contributed by atoms with van der Waals surface area (Å²) in [4.78, 5) is 23.7. The van der Waals surface area contributed by atoms with Crippen LogP contribution in [0.3, 0.4) is 0 Å². The third-order valence-corrected chi connectivity index (χ3v) is 6.92. The lowest BCUT2D eigenvalue weighted by molar-refractivity contribution is -0.0872. The number of piperidine rings is 1. The van der Waals surface area contributed by atoms with E-state index in [2.05, 4.69) is 5.32 Å². The second-order valence-corrected chi connectivity index (χ2v) is 11.0. The first-order valence-corrected chi connectivity index (χ1v) is 13.5.